The molecule has 5 heterocycles. The molecule has 0 spiro atoms. The highest BCUT2D eigenvalue weighted by molar-refractivity contribution is 5.73. The second-order valence-electron chi connectivity index (χ2n) is 16.9. The molecule has 0 aromatic rings. The molecular weight excluding hydrogens is 874 g/mol. The molecule has 28 heteroatoms. The Bertz CT molecular complexity index is 1740. The van der Waals surface area contributed by atoms with E-state index in [9.17, 15) is 51.3 Å². The summed E-state index contributed by atoms with van der Waals surface area (Å²) in [5, 5.41) is 75.5. The summed E-state index contributed by atoms with van der Waals surface area (Å²) < 4.78 is 64.7. The van der Waals surface area contributed by atoms with Crippen LogP contribution in [0.1, 0.15) is 41.5 Å². The lowest BCUT2D eigenvalue weighted by atomic mass is 9.81. The number of hydrogen-bond acceptors (Lipinski definition) is 21. The van der Waals surface area contributed by atoms with Gasteiger partial charge in [-0.05, 0) is 40.3 Å². The van der Waals surface area contributed by atoms with E-state index in [-0.39, 0.29) is 24.9 Å². The van der Waals surface area contributed by atoms with Crippen LogP contribution in [-0.4, -0.2) is 187 Å². The van der Waals surface area contributed by atoms with Gasteiger partial charge in [0, 0.05) is 33.7 Å². The first-order valence-electron chi connectivity index (χ1n) is 21.1. The Labute approximate surface area is 372 Å². The van der Waals surface area contributed by atoms with Gasteiger partial charge in [-0.2, -0.15) is 0 Å². The van der Waals surface area contributed by atoms with Crippen molar-refractivity contribution in [1.29, 1.82) is 0 Å². The Hall–Kier alpha value is -3.73. The highest BCUT2D eigenvalue weighted by atomic mass is 16.8. The van der Waals surface area contributed by atoms with Crippen LogP contribution in [0.25, 0.3) is 31.3 Å². The van der Waals surface area contributed by atoms with Crippen molar-refractivity contribution in [2.45, 2.75) is 158 Å². The number of aliphatic hydroxyl groups excluding tert-OH is 5. The number of ether oxygens (including phenoxy) is 11. The number of rotatable bonds is 18. The predicted octanol–water partition coefficient (Wildman–Crippen LogP) is 0.565. The Balaban J connectivity index is 1.32. The number of carboxylic acids is 1. The number of carboxylic acid groups (broad SMARTS) is 1. The lowest BCUT2D eigenvalue weighted by Crippen LogP contribution is -2.65. The van der Waals surface area contributed by atoms with Gasteiger partial charge in [0.25, 0.3) is 6.47 Å². The molecule has 0 radical (unpaired) electrons. The van der Waals surface area contributed by atoms with Gasteiger partial charge in [0.15, 0.2) is 37.6 Å². The molecule has 5 aliphatic heterocycles. The third-order valence-corrected chi connectivity index (χ3v) is 13.3. The van der Waals surface area contributed by atoms with Crippen molar-refractivity contribution >= 4 is 12.4 Å². The molecule has 0 saturated carbocycles. The van der Waals surface area contributed by atoms with E-state index in [1.807, 2.05) is 6.92 Å². The second kappa shape index (κ2) is 23.3. The molecular formula is C37H59N9O19. The molecule has 0 bridgehead atoms. The first-order valence-corrected chi connectivity index (χ1v) is 21.1. The normalized spacial score (nSPS) is 46.7. The van der Waals surface area contributed by atoms with E-state index in [1.165, 1.54) is 14.0 Å². The van der Waals surface area contributed by atoms with Crippen LogP contribution in [0, 0.1) is 35.5 Å². The molecule has 0 aromatic heterocycles. The highest BCUT2D eigenvalue weighted by Crippen LogP contribution is 2.42. The van der Waals surface area contributed by atoms with Crippen molar-refractivity contribution in [1.82, 2.24) is 0 Å². The van der Waals surface area contributed by atoms with Crippen LogP contribution in [0.15, 0.2) is 15.3 Å². The summed E-state index contributed by atoms with van der Waals surface area (Å²) in [6.45, 7) is 8.29. The van der Waals surface area contributed by atoms with Gasteiger partial charge in [0.2, 0.25) is 6.29 Å². The second-order valence-corrected chi connectivity index (χ2v) is 16.9. The SMILES string of the molecule is CO[C@H]1OC(CO)[C@@H](O[C@@H]2OC(OC=O)[C@@H](O[C@H]3OC(CO)[C@@H](O[C@@H]4OC(C(=O)O)[C@@H](O[C@H]5OC(CO)[C@@H](C)[C@H](C)C5N=[N+]=[N-])[C@H](C)C4C)[C@H](O)C3N=[N+]=[N-])[C@H](C)C2O)[C@H](C)C1N=[N+]=[N-]. The van der Waals surface area contributed by atoms with Gasteiger partial charge >= 0.3 is 5.97 Å². The molecule has 10 unspecified atom stereocenters. The standard InChI is InChI=1S/C37H59N9O19/c1-12-13(2)21(41-44-38)34(57-18(12)8-47)61-27-14(3)15(4)32(64-30(27)31(53)54)63-29-20(10-49)59-35(23(25(29)52)43-46-40)62-28-17(6)24(51)36(65-37(28)56-11-50)60-26-16(5)22(42-45-39)33(55-7)58-19(26)9-48/h11-30,32-37,47-49,51-52H,8-10H2,1-7H3,(H,53,54)/t12-,13-,14+,15?,16+,17+,18?,19?,20?,21?,22?,23?,24?,25+,26-,27-,28-,29+,30?,32+,33-,34+,35+,36+,37?/m0/s1. The van der Waals surface area contributed by atoms with Gasteiger partial charge in [-0.1, -0.05) is 56.9 Å². The van der Waals surface area contributed by atoms with Gasteiger partial charge in [0.1, 0.15) is 42.7 Å². The average Bonchev–Trinajstić information content (AvgIpc) is 3.29. The van der Waals surface area contributed by atoms with Crippen molar-refractivity contribution in [3.8, 4) is 0 Å². The maximum atomic E-state index is 12.7. The Kier molecular flexibility index (Phi) is 18.7. The van der Waals surface area contributed by atoms with Crippen molar-refractivity contribution < 1.29 is 92.3 Å². The molecule has 366 valence electrons. The maximum absolute atomic E-state index is 12.7. The molecule has 5 fully saturated rings. The largest absolute Gasteiger partial charge is 0.479 e. The fraction of sp³-hybridized carbons (Fsp3) is 0.946. The number of carbonyl (C=O) groups excluding carboxylic acids is 1. The average molecular weight is 934 g/mol. The summed E-state index contributed by atoms with van der Waals surface area (Å²) in [4.78, 5) is 33.1. The van der Waals surface area contributed by atoms with E-state index >= 15 is 0 Å². The molecule has 5 aliphatic rings. The molecule has 25 atom stereocenters. The summed E-state index contributed by atoms with van der Waals surface area (Å²) >= 11 is 0. The topological polar surface area (TPSA) is 403 Å². The third kappa shape index (κ3) is 11.0. The molecule has 6 N–H and O–H groups in total. The van der Waals surface area contributed by atoms with Crippen molar-refractivity contribution in [2.24, 2.45) is 50.9 Å². The molecule has 0 aliphatic carbocycles. The van der Waals surface area contributed by atoms with E-state index in [0.29, 0.717) is 0 Å². The zero-order valence-corrected chi connectivity index (χ0v) is 36.6. The minimum Gasteiger partial charge on any atom is -0.479 e. The van der Waals surface area contributed by atoms with E-state index in [4.69, 9.17) is 57.6 Å². The van der Waals surface area contributed by atoms with Crippen LogP contribution in [0.3, 0.4) is 0 Å². The van der Waals surface area contributed by atoms with Crippen molar-refractivity contribution in [3.63, 3.8) is 0 Å². The number of aliphatic carboxylic acids is 1. The smallest absolute Gasteiger partial charge is 0.335 e. The molecule has 5 saturated heterocycles. The minimum atomic E-state index is -1.83. The number of carbonyl (C=O) groups is 2. The van der Waals surface area contributed by atoms with Gasteiger partial charge in [0.05, 0.1) is 50.2 Å². The van der Waals surface area contributed by atoms with Gasteiger partial charge < -0.3 is 82.7 Å². The maximum Gasteiger partial charge on any atom is 0.335 e. The van der Waals surface area contributed by atoms with Crippen LogP contribution >= 0.6 is 0 Å². The summed E-state index contributed by atoms with van der Waals surface area (Å²) in [6, 6.07) is -3.47. The lowest BCUT2D eigenvalue weighted by molar-refractivity contribution is -0.385. The summed E-state index contributed by atoms with van der Waals surface area (Å²) in [6.07, 6.45) is -22.2. The first kappa shape index (κ1) is 52.2. The molecule has 28 nitrogen and oxygen atoms in total. The number of methoxy groups -OCH3 is 1. The fourth-order valence-corrected chi connectivity index (χ4v) is 9.00. The molecule has 5 rings (SSSR count). The summed E-state index contributed by atoms with van der Waals surface area (Å²) in [5.41, 5.74) is 28.0. The van der Waals surface area contributed by atoms with Crippen molar-refractivity contribution in [3.05, 3.63) is 31.3 Å². The number of aliphatic hydroxyl groups is 5. The van der Waals surface area contributed by atoms with Crippen LogP contribution in [0.2, 0.25) is 0 Å². The van der Waals surface area contributed by atoms with Crippen LogP contribution < -0.4 is 0 Å². The Morgan fingerprint density at radius 2 is 1.06 bits per heavy atom. The van der Waals surface area contributed by atoms with Gasteiger partial charge in [-0.15, -0.1) is 0 Å². The number of azide groups is 3. The minimum absolute atomic E-state index is 0.0357. The van der Waals surface area contributed by atoms with E-state index < -0.39 is 160 Å². The predicted molar refractivity (Wildman–Crippen MR) is 212 cm³/mol. The molecule has 65 heavy (non-hydrogen) atoms. The first-order chi connectivity index (χ1) is 31.0. The van der Waals surface area contributed by atoms with E-state index in [1.54, 1.807) is 27.7 Å². The zero-order chi connectivity index (χ0) is 47.9. The fourth-order valence-electron chi connectivity index (χ4n) is 9.00. The van der Waals surface area contributed by atoms with Crippen LogP contribution in [0.4, 0.5) is 0 Å². The zero-order valence-electron chi connectivity index (χ0n) is 36.6. The van der Waals surface area contributed by atoms with E-state index in [0.717, 1.165) is 0 Å². The quantitative estimate of drug-likeness (QED) is 0.0473. The molecule has 0 amide bonds. The van der Waals surface area contributed by atoms with Gasteiger partial charge in [-0.3, -0.25) is 4.79 Å². The lowest BCUT2D eigenvalue weighted by Gasteiger charge is -2.50. The van der Waals surface area contributed by atoms with Gasteiger partial charge in [-0.25, -0.2) is 4.79 Å². The Morgan fingerprint density at radius 1 is 0.554 bits per heavy atom. The number of hydrogen-bond donors (Lipinski definition) is 6. The summed E-state index contributed by atoms with van der Waals surface area (Å²) in [5.74, 6) is -5.15. The van der Waals surface area contributed by atoms with Crippen LogP contribution in [0.5, 0.6) is 0 Å². The van der Waals surface area contributed by atoms with Crippen molar-refractivity contribution in [2.75, 3.05) is 26.9 Å². The third-order valence-electron chi connectivity index (χ3n) is 13.3. The van der Waals surface area contributed by atoms with Crippen LogP contribution in [-0.2, 0) is 61.7 Å². The summed E-state index contributed by atoms with van der Waals surface area (Å²) in [7, 11) is 1.32. The highest BCUT2D eigenvalue weighted by Gasteiger charge is 2.56. The monoisotopic (exact) mass is 933 g/mol. The van der Waals surface area contributed by atoms with E-state index in [2.05, 4.69) is 30.1 Å². The Morgan fingerprint density at radius 3 is 1.63 bits per heavy atom. The number of nitrogens with zero attached hydrogens (tertiary/aromatic N) is 9. The molecule has 0 aromatic carbocycles.